The quantitative estimate of drug-likeness (QED) is 0.802. The van der Waals surface area contributed by atoms with Gasteiger partial charge in [-0.2, -0.15) is 0 Å². The van der Waals surface area contributed by atoms with E-state index in [-0.39, 0.29) is 18.1 Å². The summed E-state index contributed by atoms with van der Waals surface area (Å²) in [6.45, 7) is 10.2. The van der Waals surface area contributed by atoms with Crippen LogP contribution >= 0.6 is 0 Å². The fraction of sp³-hybridized carbons (Fsp3) is 0.938. The van der Waals surface area contributed by atoms with E-state index in [0.717, 1.165) is 38.8 Å². The summed E-state index contributed by atoms with van der Waals surface area (Å²) in [5.41, 5.74) is 5.19. The van der Waals surface area contributed by atoms with Gasteiger partial charge in [-0.1, -0.05) is 6.92 Å². The Morgan fingerprint density at radius 3 is 2.81 bits per heavy atom. The van der Waals surface area contributed by atoms with Crippen molar-refractivity contribution < 1.29 is 9.53 Å². The van der Waals surface area contributed by atoms with Gasteiger partial charge in [0.1, 0.15) is 0 Å². The van der Waals surface area contributed by atoms with Gasteiger partial charge in [-0.15, -0.1) is 0 Å². The van der Waals surface area contributed by atoms with E-state index in [4.69, 9.17) is 10.5 Å². The van der Waals surface area contributed by atoms with Crippen LogP contribution in [0.2, 0.25) is 0 Å². The summed E-state index contributed by atoms with van der Waals surface area (Å²) < 4.78 is 5.79. The standard InChI is InChI=1S/C16H31N3O2/c1-5-13-10-21-12(4)9-19(13)14-6-7-16(8-14,15(17)20)18-11(2)3/h11-14,18H,5-10H2,1-4H3,(H2,17,20). The van der Waals surface area contributed by atoms with Gasteiger partial charge in [-0.3, -0.25) is 9.69 Å². The second kappa shape index (κ2) is 6.63. The van der Waals surface area contributed by atoms with Crippen molar-refractivity contribution in [3.8, 4) is 0 Å². The SMILES string of the molecule is CCC1COC(C)CN1C1CCC(NC(C)C)(C(N)=O)C1. The molecule has 21 heavy (non-hydrogen) atoms. The number of nitrogens with two attached hydrogens (primary N) is 1. The lowest BCUT2D eigenvalue weighted by molar-refractivity contribution is -0.125. The lowest BCUT2D eigenvalue weighted by Gasteiger charge is -2.42. The smallest absolute Gasteiger partial charge is 0.237 e. The minimum atomic E-state index is -0.529. The summed E-state index contributed by atoms with van der Waals surface area (Å²) in [5, 5.41) is 3.44. The second-order valence-corrected chi connectivity index (χ2v) is 7.04. The summed E-state index contributed by atoms with van der Waals surface area (Å²) in [4.78, 5) is 14.6. The molecule has 0 spiro atoms. The molecule has 2 aliphatic rings. The molecule has 1 saturated heterocycles. The Hall–Kier alpha value is -0.650. The monoisotopic (exact) mass is 297 g/mol. The first-order chi connectivity index (χ1) is 9.88. The van der Waals surface area contributed by atoms with Gasteiger partial charge in [0, 0.05) is 24.7 Å². The van der Waals surface area contributed by atoms with Crippen molar-refractivity contribution in [1.29, 1.82) is 0 Å². The lowest BCUT2D eigenvalue weighted by Crippen LogP contribution is -2.58. The Labute approximate surface area is 128 Å². The average molecular weight is 297 g/mol. The molecule has 1 aliphatic heterocycles. The average Bonchev–Trinajstić information content (AvgIpc) is 2.83. The number of rotatable bonds is 5. The minimum absolute atomic E-state index is 0.201. The number of hydrogen-bond acceptors (Lipinski definition) is 4. The zero-order chi connectivity index (χ0) is 15.6. The van der Waals surface area contributed by atoms with Gasteiger partial charge in [-0.05, 0) is 46.5 Å². The highest BCUT2D eigenvalue weighted by Gasteiger charge is 2.47. The number of amides is 1. The predicted molar refractivity (Wildman–Crippen MR) is 84.0 cm³/mol. The van der Waals surface area contributed by atoms with Gasteiger partial charge in [0.2, 0.25) is 5.91 Å². The molecule has 4 atom stereocenters. The van der Waals surface area contributed by atoms with Crippen molar-refractivity contribution in [1.82, 2.24) is 10.2 Å². The van der Waals surface area contributed by atoms with Crippen molar-refractivity contribution in [3.63, 3.8) is 0 Å². The van der Waals surface area contributed by atoms with Gasteiger partial charge in [0.05, 0.1) is 18.2 Å². The Bertz CT molecular complexity index is 375. The van der Waals surface area contributed by atoms with E-state index in [0.29, 0.717) is 12.1 Å². The molecule has 1 aliphatic carbocycles. The molecular weight excluding hydrogens is 266 g/mol. The Kier molecular flexibility index (Phi) is 5.28. The highest BCUT2D eigenvalue weighted by molar-refractivity contribution is 5.85. The maximum atomic E-state index is 12.0. The van der Waals surface area contributed by atoms with Crippen molar-refractivity contribution in [2.24, 2.45) is 5.73 Å². The predicted octanol–water partition coefficient (Wildman–Crippen LogP) is 1.26. The number of primary amides is 1. The van der Waals surface area contributed by atoms with Crippen molar-refractivity contribution in [2.75, 3.05) is 13.2 Å². The van der Waals surface area contributed by atoms with Gasteiger partial charge in [0.15, 0.2) is 0 Å². The molecule has 3 N–H and O–H groups in total. The third kappa shape index (κ3) is 3.58. The molecule has 122 valence electrons. The van der Waals surface area contributed by atoms with E-state index >= 15 is 0 Å². The topological polar surface area (TPSA) is 67.6 Å². The summed E-state index contributed by atoms with van der Waals surface area (Å²) >= 11 is 0. The maximum Gasteiger partial charge on any atom is 0.237 e. The van der Waals surface area contributed by atoms with Gasteiger partial charge >= 0.3 is 0 Å². The fourth-order valence-corrected chi connectivity index (χ4v) is 3.95. The maximum absolute atomic E-state index is 12.0. The molecule has 0 aromatic heterocycles. The van der Waals surface area contributed by atoms with Crippen LogP contribution in [0.1, 0.15) is 53.4 Å². The van der Waals surface area contributed by atoms with Crippen LogP contribution in [0, 0.1) is 0 Å². The van der Waals surface area contributed by atoms with Gasteiger partial charge in [0.25, 0.3) is 0 Å². The molecule has 5 heteroatoms. The van der Waals surface area contributed by atoms with Gasteiger partial charge in [-0.25, -0.2) is 0 Å². The highest BCUT2D eigenvalue weighted by atomic mass is 16.5. The lowest BCUT2D eigenvalue weighted by atomic mass is 9.94. The number of ether oxygens (including phenoxy) is 1. The summed E-state index contributed by atoms with van der Waals surface area (Å²) in [7, 11) is 0. The number of carbonyl (C=O) groups excluding carboxylic acids is 1. The number of carbonyl (C=O) groups is 1. The molecule has 1 amide bonds. The molecule has 1 heterocycles. The minimum Gasteiger partial charge on any atom is -0.376 e. The number of nitrogens with one attached hydrogen (secondary N) is 1. The zero-order valence-corrected chi connectivity index (χ0v) is 13.9. The van der Waals surface area contributed by atoms with Crippen LogP contribution in [0.4, 0.5) is 0 Å². The van der Waals surface area contributed by atoms with Crippen molar-refractivity contribution >= 4 is 5.91 Å². The number of hydrogen-bond donors (Lipinski definition) is 2. The molecule has 0 aromatic carbocycles. The van der Waals surface area contributed by atoms with Crippen LogP contribution in [-0.2, 0) is 9.53 Å². The van der Waals surface area contributed by atoms with E-state index in [1.807, 2.05) is 0 Å². The Balaban J connectivity index is 2.10. The molecule has 0 bridgehead atoms. The molecule has 2 rings (SSSR count). The van der Waals surface area contributed by atoms with Crippen LogP contribution in [-0.4, -0.2) is 53.7 Å². The van der Waals surface area contributed by atoms with Crippen LogP contribution in [0.3, 0.4) is 0 Å². The molecule has 2 fully saturated rings. The van der Waals surface area contributed by atoms with E-state index in [1.54, 1.807) is 0 Å². The first-order valence-electron chi connectivity index (χ1n) is 8.33. The molecular formula is C16H31N3O2. The first kappa shape index (κ1) is 16.7. The first-order valence-corrected chi connectivity index (χ1v) is 8.33. The van der Waals surface area contributed by atoms with E-state index < -0.39 is 5.54 Å². The van der Waals surface area contributed by atoms with Crippen LogP contribution in [0.15, 0.2) is 0 Å². The van der Waals surface area contributed by atoms with Crippen LogP contribution in [0.5, 0.6) is 0 Å². The Morgan fingerprint density at radius 1 is 1.52 bits per heavy atom. The zero-order valence-electron chi connectivity index (χ0n) is 13.9. The normalized spacial score (nSPS) is 38.0. The van der Waals surface area contributed by atoms with E-state index in [9.17, 15) is 4.79 Å². The summed E-state index contributed by atoms with van der Waals surface area (Å²) in [6, 6.07) is 1.16. The molecule has 4 unspecified atom stereocenters. The second-order valence-electron chi connectivity index (χ2n) is 7.04. The van der Waals surface area contributed by atoms with E-state index in [1.165, 1.54) is 0 Å². The summed E-state index contributed by atoms with van der Waals surface area (Å²) in [6.07, 6.45) is 4.06. The van der Waals surface area contributed by atoms with E-state index in [2.05, 4.69) is 37.9 Å². The van der Waals surface area contributed by atoms with Crippen molar-refractivity contribution in [3.05, 3.63) is 0 Å². The molecule has 1 saturated carbocycles. The molecule has 0 radical (unpaired) electrons. The highest BCUT2D eigenvalue weighted by Crippen LogP contribution is 2.36. The largest absolute Gasteiger partial charge is 0.376 e. The number of nitrogens with zero attached hydrogens (tertiary/aromatic N) is 1. The third-order valence-corrected chi connectivity index (χ3v) is 4.98. The van der Waals surface area contributed by atoms with Crippen LogP contribution < -0.4 is 11.1 Å². The Morgan fingerprint density at radius 2 is 2.24 bits per heavy atom. The molecule has 5 nitrogen and oxygen atoms in total. The fourth-order valence-electron chi connectivity index (χ4n) is 3.95. The van der Waals surface area contributed by atoms with Gasteiger partial charge < -0.3 is 15.8 Å². The number of morpholine rings is 1. The summed E-state index contributed by atoms with van der Waals surface area (Å²) in [5.74, 6) is -0.201. The van der Waals surface area contributed by atoms with Crippen LogP contribution in [0.25, 0.3) is 0 Å². The third-order valence-electron chi connectivity index (χ3n) is 4.98. The molecule has 0 aromatic rings. The van der Waals surface area contributed by atoms with Crippen molar-refractivity contribution in [2.45, 2.75) is 83.1 Å².